The first kappa shape index (κ1) is 20.7. The number of unbranched alkanes of at least 4 members (excludes halogenated alkanes) is 8. The topological polar surface area (TPSA) is 72.5 Å². The number of nitrogens with two attached hydrogens (primary N) is 1. The van der Waals surface area contributed by atoms with Gasteiger partial charge in [0.2, 0.25) is 0 Å². The fourth-order valence-corrected chi connectivity index (χ4v) is 1.68. The molecule has 0 spiro atoms. The van der Waals surface area contributed by atoms with E-state index in [1.165, 1.54) is 58.5 Å². The molecule has 0 heterocycles. The van der Waals surface area contributed by atoms with Gasteiger partial charge in [0.05, 0.1) is 13.7 Å². The molecule has 0 saturated carbocycles. The van der Waals surface area contributed by atoms with Crippen LogP contribution in [0.25, 0.3) is 0 Å². The number of aliphatic hydroxyl groups excluding tert-OH is 1. The Morgan fingerprint density at radius 2 is 1.42 bits per heavy atom. The zero-order chi connectivity index (χ0) is 14.8. The Kier molecular flexibility index (Phi) is 21.5. The molecule has 19 heavy (non-hydrogen) atoms. The Morgan fingerprint density at radius 1 is 1.00 bits per heavy atom. The molecule has 0 bridgehead atoms. The van der Waals surface area contributed by atoms with Crippen LogP contribution in [-0.4, -0.2) is 31.3 Å². The highest BCUT2D eigenvalue weighted by Crippen LogP contribution is 2.10. The molecule has 0 aromatic rings. The number of aliphatic hydroxyl groups is 1. The Bertz CT molecular complexity index is 173. The summed E-state index contributed by atoms with van der Waals surface area (Å²) in [5, 5.41) is 7.75. The Morgan fingerprint density at radius 3 is 1.79 bits per heavy atom. The van der Waals surface area contributed by atoms with Crippen molar-refractivity contribution in [3.05, 3.63) is 0 Å². The standard InChI is InChI=1S/C13H26O2.C2H7NO/c1-3-4-5-6-7-8-9-10-11-12-13(14)15-2;3-1-2-4/h3-12H2,1-2H3;4H,1-3H2. The maximum atomic E-state index is 10.8. The number of carbonyl (C=O) groups is 1. The summed E-state index contributed by atoms with van der Waals surface area (Å²) in [5.41, 5.74) is 4.78. The van der Waals surface area contributed by atoms with Crippen LogP contribution in [0.1, 0.15) is 71.1 Å². The molecule has 116 valence electrons. The second-order valence-corrected chi connectivity index (χ2v) is 4.67. The summed E-state index contributed by atoms with van der Waals surface area (Å²) in [5.74, 6) is -0.0713. The zero-order valence-corrected chi connectivity index (χ0v) is 12.8. The van der Waals surface area contributed by atoms with Gasteiger partial charge in [-0.2, -0.15) is 0 Å². The number of hydrogen-bond donors (Lipinski definition) is 2. The molecule has 0 aromatic heterocycles. The number of esters is 1. The van der Waals surface area contributed by atoms with Crippen LogP contribution < -0.4 is 5.73 Å². The van der Waals surface area contributed by atoms with E-state index in [4.69, 9.17) is 10.8 Å². The highest BCUT2D eigenvalue weighted by Gasteiger charge is 1.98. The predicted octanol–water partition coefficient (Wildman–Crippen LogP) is 3.02. The lowest BCUT2D eigenvalue weighted by Crippen LogP contribution is -2.02. The lowest BCUT2D eigenvalue weighted by Gasteiger charge is -2.01. The third-order valence-corrected chi connectivity index (χ3v) is 2.84. The van der Waals surface area contributed by atoms with Crippen LogP contribution in [0.2, 0.25) is 0 Å². The summed E-state index contributed by atoms with van der Waals surface area (Å²) in [4.78, 5) is 10.8. The van der Waals surface area contributed by atoms with Crippen molar-refractivity contribution in [1.82, 2.24) is 0 Å². The average Bonchev–Trinajstić information content (AvgIpc) is 2.45. The maximum Gasteiger partial charge on any atom is 0.305 e. The zero-order valence-electron chi connectivity index (χ0n) is 12.8. The highest BCUT2D eigenvalue weighted by atomic mass is 16.5. The van der Waals surface area contributed by atoms with Gasteiger partial charge in [0.1, 0.15) is 0 Å². The highest BCUT2D eigenvalue weighted by molar-refractivity contribution is 5.68. The van der Waals surface area contributed by atoms with Gasteiger partial charge in [0.25, 0.3) is 0 Å². The monoisotopic (exact) mass is 275 g/mol. The smallest absolute Gasteiger partial charge is 0.305 e. The minimum Gasteiger partial charge on any atom is -0.469 e. The second-order valence-electron chi connectivity index (χ2n) is 4.67. The van der Waals surface area contributed by atoms with Gasteiger partial charge in [-0.15, -0.1) is 0 Å². The number of rotatable bonds is 11. The van der Waals surface area contributed by atoms with Crippen LogP contribution in [0.3, 0.4) is 0 Å². The van der Waals surface area contributed by atoms with Crippen LogP contribution >= 0.6 is 0 Å². The van der Waals surface area contributed by atoms with Crippen LogP contribution in [0.4, 0.5) is 0 Å². The molecule has 0 atom stereocenters. The largest absolute Gasteiger partial charge is 0.469 e. The fraction of sp³-hybridized carbons (Fsp3) is 0.933. The second kappa shape index (κ2) is 19.7. The van der Waals surface area contributed by atoms with E-state index in [9.17, 15) is 4.79 Å². The molecule has 3 N–H and O–H groups in total. The minimum absolute atomic E-state index is 0.0713. The molecular weight excluding hydrogens is 242 g/mol. The van der Waals surface area contributed by atoms with Gasteiger partial charge in [0, 0.05) is 13.0 Å². The summed E-state index contributed by atoms with van der Waals surface area (Å²) in [6.07, 6.45) is 12.2. The molecule has 0 aliphatic heterocycles. The van der Waals surface area contributed by atoms with Crippen molar-refractivity contribution in [3.8, 4) is 0 Å². The SMILES string of the molecule is CCCCCCCCCCCC(=O)OC.NCCO. The Hall–Kier alpha value is -0.610. The van der Waals surface area contributed by atoms with Gasteiger partial charge in [0.15, 0.2) is 0 Å². The summed E-state index contributed by atoms with van der Waals surface area (Å²) in [6.45, 7) is 2.72. The normalized spacial score (nSPS) is 9.68. The first-order chi connectivity index (χ1) is 9.22. The van der Waals surface area contributed by atoms with Crippen LogP contribution in [0, 0.1) is 0 Å². The van der Waals surface area contributed by atoms with Gasteiger partial charge in [-0.05, 0) is 6.42 Å². The summed E-state index contributed by atoms with van der Waals surface area (Å²) >= 11 is 0. The predicted molar refractivity (Wildman–Crippen MR) is 80.0 cm³/mol. The van der Waals surface area contributed by atoms with Crippen LogP contribution in [-0.2, 0) is 9.53 Å². The molecule has 0 aliphatic carbocycles. The van der Waals surface area contributed by atoms with Gasteiger partial charge >= 0.3 is 5.97 Å². The van der Waals surface area contributed by atoms with Crippen LogP contribution in [0.15, 0.2) is 0 Å². The molecule has 0 fully saturated rings. The average molecular weight is 275 g/mol. The first-order valence-corrected chi connectivity index (χ1v) is 7.60. The van der Waals surface area contributed by atoms with E-state index in [1.54, 1.807) is 0 Å². The lowest BCUT2D eigenvalue weighted by atomic mass is 10.1. The van der Waals surface area contributed by atoms with Crippen molar-refractivity contribution in [3.63, 3.8) is 0 Å². The summed E-state index contributed by atoms with van der Waals surface area (Å²) in [7, 11) is 1.45. The molecular formula is C15H33NO3. The molecule has 0 saturated heterocycles. The number of carbonyl (C=O) groups excluding carboxylic acids is 1. The summed E-state index contributed by atoms with van der Waals surface area (Å²) in [6, 6.07) is 0. The van der Waals surface area contributed by atoms with Crippen molar-refractivity contribution in [2.24, 2.45) is 5.73 Å². The van der Waals surface area contributed by atoms with Crippen molar-refractivity contribution in [2.75, 3.05) is 20.3 Å². The van der Waals surface area contributed by atoms with Crippen molar-refractivity contribution in [2.45, 2.75) is 71.1 Å². The molecule has 0 radical (unpaired) electrons. The van der Waals surface area contributed by atoms with Gasteiger partial charge < -0.3 is 15.6 Å². The molecule has 0 amide bonds. The molecule has 0 aliphatic rings. The molecule has 4 heteroatoms. The van der Waals surface area contributed by atoms with Gasteiger partial charge in [-0.1, -0.05) is 58.3 Å². The van der Waals surface area contributed by atoms with E-state index in [1.807, 2.05) is 0 Å². The van der Waals surface area contributed by atoms with E-state index in [0.29, 0.717) is 13.0 Å². The van der Waals surface area contributed by atoms with E-state index in [2.05, 4.69) is 11.7 Å². The van der Waals surface area contributed by atoms with E-state index >= 15 is 0 Å². The maximum absolute atomic E-state index is 10.8. The first-order valence-electron chi connectivity index (χ1n) is 7.60. The lowest BCUT2D eigenvalue weighted by molar-refractivity contribution is -0.140. The van der Waals surface area contributed by atoms with Gasteiger partial charge in [-0.25, -0.2) is 0 Å². The van der Waals surface area contributed by atoms with Crippen molar-refractivity contribution < 1.29 is 14.6 Å². The van der Waals surface area contributed by atoms with Crippen molar-refractivity contribution >= 4 is 5.97 Å². The molecule has 4 nitrogen and oxygen atoms in total. The van der Waals surface area contributed by atoms with E-state index in [0.717, 1.165) is 6.42 Å². The van der Waals surface area contributed by atoms with Gasteiger partial charge in [-0.3, -0.25) is 4.79 Å². The third kappa shape index (κ3) is 23.0. The van der Waals surface area contributed by atoms with E-state index in [-0.39, 0.29) is 12.6 Å². The van der Waals surface area contributed by atoms with E-state index < -0.39 is 0 Å². The molecule has 0 aromatic carbocycles. The fourth-order valence-electron chi connectivity index (χ4n) is 1.68. The van der Waals surface area contributed by atoms with Crippen LogP contribution in [0.5, 0.6) is 0 Å². The molecule has 0 unspecified atom stereocenters. The molecule has 0 rings (SSSR count). The third-order valence-electron chi connectivity index (χ3n) is 2.84. The number of ether oxygens (including phenoxy) is 1. The van der Waals surface area contributed by atoms with Crippen molar-refractivity contribution in [1.29, 1.82) is 0 Å². The summed E-state index contributed by atoms with van der Waals surface area (Å²) < 4.78 is 4.58. The Labute approximate surface area is 118 Å². The quantitative estimate of drug-likeness (QED) is 0.449. The number of methoxy groups -OCH3 is 1. The Balaban J connectivity index is 0. The minimum atomic E-state index is -0.0713. The number of hydrogen-bond acceptors (Lipinski definition) is 4.